The van der Waals surface area contributed by atoms with Crippen LogP contribution in [0.2, 0.25) is 0 Å². The molecule has 0 spiro atoms. The van der Waals surface area contributed by atoms with Crippen LogP contribution in [0.15, 0.2) is 12.2 Å². The number of carbonyl (C=O) groups excluding carboxylic acids is 2. The SMILES string of the molecule is CCCCCC=CC(=O)N[C@@H](CCSC)C(=O)OC. The van der Waals surface area contributed by atoms with Gasteiger partial charge in [0.25, 0.3) is 0 Å². The van der Waals surface area contributed by atoms with E-state index in [1.807, 2.05) is 12.3 Å². The van der Waals surface area contributed by atoms with Crippen LogP contribution >= 0.6 is 11.8 Å². The predicted molar refractivity (Wildman–Crippen MR) is 80.2 cm³/mol. The summed E-state index contributed by atoms with van der Waals surface area (Å²) in [7, 11) is 1.33. The van der Waals surface area contributed by atoms with Crippen LogP contribution in [0, 0.1) is 0 Å². The van der Waals surface area contributed by atoms with Crippen molar-refractivity contribution in [3.05, 3.63) is 12.2 Å². The molecule has 1 atom stereocenters. The van der Waals surface area contributed by atoms with Gasteiger partial charge in [-0.15, -0.1) is 0 Å². The van der Waals surface area contributed by atoms with E-state index in [1.54, 1.807) is 11.8 Å². The fraction of sp³-hybridized carbons (Fsp3) is 0.714. The summed E-state index contributed by atoms with van der Waals surface area (Å²) in [5, 5.41) is 2.68. The molecule has 19 heavy (non-hydrogen) atoms. The minimum absolute atomic E-state index is 0.229. The van der Waals surface area contributed by atoms with Crippen LogP contribution in [0.4, 0.5) is 0 Å². The molecule has 0 radical (unpaired) electrons. The summed E-state index contributed by atoms with van der Waals surface area (Å²) in [6, 6.07) is -0.551. The van der Waals surface area contributed by atoms with Crippen LogP contribution in [-0.4, -0.2) is 37.0 Å². The number of nitrogens with one attached hydrogen (secondary N) is 1. The van der Waals surface area contributed by atoms with Crippen LogP contribution in [0.5, 0.6) is 0 Å². The fourth-order valence-corrected chi connectivity index (χ4v) is 2.02. The van der Waals surface area contributed by atoms with Gasteiger partial charge in [-0.3, -0.25) is 4.79 Å². The number of amides is 1. The molecular formula is C14H25NO3S. The van der Waals surface area contributed by atoms with Crippen molar-refractivity contribution in [3.63, 3.8) is 0 Å². The average Bonchev–Trinajstić information content (AvgIpc) is 2.42. The van der Waals surface area contributed by atoms with Crippen molar-refractivity contribution in [3.8, 4) is 0 Å². The molecule has 0 bridgehead atoms. The van der Waals surface area contributed by atoms with Crippen LogP contribution in [0.1, 0.15) is 39.0 Å². The third kappa shape index (κ3) is 9.59. The largest absolute Gasteiger partial charge is 0.467 e. The zero-order chi connectivity index (χ0) is 14.5. The lowest BCUT2D eigenvalue weighted by Gasteiger charge is -2.14. The van der Waals surface area contributed by atoms with E-state index in [1.165, 1.54) is 26.0 Å². The van der Waals surface area contributed by atoms with Crippen LogP contribution in [0.25, 0.3) is 0 Å². The summed E-state index contributed by atoms with van der Waals surface area (Å²) in [5.74, 6) is 0.190. The maximum atomic E-state index is 11.7. The molecule has 4 nitrogen and oxygen atoms in total. The highest BCUT2D eigenvalue weighted by atomic mass is 32.2. The smallest absolute Gasteiger partial charge is 0.328 e. The first kappa shape index (κ1) is 18.0. The van der Waals surface area contributed by atoms with Gasteiger partial charge in [0.15, 0.2) is 0 Å². The number of hydrogen-bond donors (Lipinski definition) is 1. The molecule has 0 aromatic heterocycles. The summed E-state index contributed by atoms with van der Waals surface area (Å²) in [6.07, 6.45) is 10.2. The van der Waals surface area contributed by atoms with E-state index in [9.17, 15) is 9.59 Å². The molecule has 0 aromatic rings. The van der Waals surface area contributed by atoms with Gasteiger partial charge in [0.1, 0.15) is 6.04 Å². The van der Waals surface area contributed by atoms with Gasteiger partial charge in [-0.2, -0.15) is 11.8 Å². The molecule has 0 aromatic carbocycles. The zero-order valence-corrected chi connectivity index (χ0v) is 12.9. The molecule has 110 valence electrons. The van der Waals surface area contributed by atoms with Crippen molar-refractivity contribution < 1.29 is 14.3 Å². The van der Waals surface area contributed by atoms with E-state index in [4.69, 9.17) is 0 Å². The first-order valence-electron chi connectivity index (χ1n) is 6.69. The molecule has 0 aliphatic rings. The Labute approximate surface area is 120 Å². The molecule has 0 aliphatic carbocycles. The van der Waals surface area contributed by atoms with Gasteiger partial charge in [-0.25, -0.2) is 4.79 Å². The van der Waals surface area contributed by atoms with E-state index < -0.39 is 6.04 Å². The number of ether oxygens (including phenoxy) is 1. The minimum Gasteiger partial charge on any atom is -0.467 e. The maximum Gasteiger partial charge on any atom is 0.328 e. The van der Waals surface area contributed by atoms with Crippen molar-refractivity contribution in [2.24, 2.45) is 0 Å². The summed E-state index contributed by atoms with van der Waals surface area (Å²) >= 11 is 1.63. The van der Waals surface area contributed by atoms with Crippen molar-refractivity contribution in [1.82, 2.24) is 5.32 Å². The second-order valence-electron chi connectivity index (χ2n) is 4.26. The maximum absolute atomic E-state index is 11.7. The number of hydrogen-bond acceptors (Lipinski definition) is 4. The average molecular weight is 287 g/mol. The van der Waals surface area contributed by atoms with E-state index in [0.717, 1.165) is 18.6 Å². The Morgan fingerprint density at radius 3 is 2.68 bits per heavy atom. The molecule has 0 heterocycles. The Hall–Kier alpha value is -0.970. The first-order valence-corrected chi connectivity index (χ1v) is 8.08. The summed E-state index contributed by atoms with van der Waals surface area (Å²) in [5.41, 5.74) is 0. The summed E-state index contributed by atoms with van der Waals surface area (Å²) < 4.78 is 4.68. The molecule has 1 N–H and O–H groups in total. The minimum atomic E-state index is -0.551. The van der Waals surface area contributed by atoms with Gasteiger partial charge >= 0.3 is 5.97 Å². The highest BCUT2D eigenvalue weighted by Gasteiger charge is 2.19. The highest BCUT2D eigenvalue weighted by Crippen LogP contribution is 2.03. The number of methoxy groups -OCH3 is 1. The van der Waals surface area contributed by atoms with Gasteiger partial charge in [0, 0.05) is 0 Å². The summed E-state index contributed by atoms with van der Waals surface area (Å²) in [4.78, 5) is 23.2. The van der Waals surface area contributed by atoms with E-state index in [-0.39, 0.29) is 11.9 Å². The molecule has 5 heteroatoms. The van der Waals surface area contributed by atoms with Crippen molar-refractivity contribution in [2.75, 3.05) is 19.1 Å². The Bertz CT molecular complexity index is 292. The number of unbranched alkanes of at least 4 members (excludes halogenated alkanes) is 3. The van der Waals surface area contributed by atoms with Crippen molar-refractivity contribution in [1.29, 1.82) is 0 Å². The third-order valence-corrected chi connectivity index (χ3v) is 3.30. The molecule has 0 saturated heterocycles. The van der Waals surface area contributed by atoms with E-state index in [0.29, 0.717) is 6.42 Å². The molecule has 0 unspecified atom stereocenters. The molecule has 1 amide bonds. The highest BCUT2D eigenvalue weighted by molar-refractivity contribution is 7.98. The Morgan fingerprint density at radius 1 is 1.37 bits per heavy atom. The molecule has 0 fully saturated rings. The molecular weight excluding hydrogens is 262 g/mol. The summed E-state index contributed by atoms with van der Waals surface area (Å²) in [6.45, 7) is 2.14. The number of allylic oxidation sites excluding steroid dienone is 1. The monoisotopic (exact) mass is 287 g/mol. The zero-order valence-electron chi connectivity index (χ0n) is 12.1. The molecule has 0 saturated carbocycles. The Morgan fingerprint density at radius 2 is 2.11 bits per heavy atom. The first-order chi connectivity index (χ1) is 9.15. The standard InChI is InChI=1S/C14H25NO3S/c1-4-5-6-7-8-9-13(16)15-12(10-11-19-3)14(17)18-2/h8-9,12H,4-7,10-11H2,1-3H3,(H,15,16)/t12-/m0/s1. The topological polar surface area (TPSA) is 55.4 Å². The number of thioether (sulfide) groups is 1. The normalized spacial score (nSPS) is 12.4. The molecule has 0 rings (SSSR count). The van der Waals surface area contributed by atoms with E-state index >= 15 is 0 Å². The third-order valence-electron chi connectivity index (χ3n) is 2.66. The van der Waals surface area contributed by atoms with Gasteiger partial charge in [0.2, 0.25) is 5.91 Å². The Balaban J connectivity index is 4.11. The van der Waals surface area contributed by atoms with Crippen molar-refractivity contribution in [2.45, 2.75) is 45.1 Å². The number of esters is 1. The lowest BCUT2D eigenvalue weighted by atomic mass is 10.2. The van der Waals surface area contributed by atoms with Gasteiger partial charge < -0.3 is 10.1 Å². The number of carbonyl (C=O) groups is 2. The Kier molecular flexibility index (Phi) is 11.5. The lowest BCUT2D eigenvalue weighted by Crippen LogP contribution is -2.41. The van der Waals surface area contributed by atoms with Gasteiger partial charge in [-0.05, 0) is 37.3 Å². The second kappa shape index (κ2) is 12.1. The van der Waals surface area contributed by atoms with Crippen LogP contribution in [-0.2, 0) is 14.3 Å². The van der Waals surface area contributed by atoms with Crippen LogP contribution < -0.4 is 5.32 Å². The lowest BCUT2D eigenvalue weighted by molar-refractivity contribution is -0.144. The second-order valence-corrected chi connectivity index (χ2v) is 5.25. The van der Waals surface area contributed by atoms with Gasteiger partial charge in [-0.1, -0.05) is 25.8 Å². The number of rotatable bonds is 10. The fourth-order valence-electron chi connectivity index (χ4n) is 1.55. The van der Waals surface area contributed by atoms with Gasteiger partial charge in [0.05, 0.1) is 7.11 Å². The predicted octanol–water partition coefficient (Wildman–Crippen LogP) is 2.53. The van der Waals surface area contributed by atoms with Crippen molar-refractivity contribution >= 4 is 23.6 Å². The van der Waals surface area contributed by atoms with Crippen LogP contribution in [0.3, 0.4) is 0 Å². The molecule has 0 aliphatic heterocycles. The quantitative estimate of drug-likeness (QED) is 0.381. The van der Waals surface area contributed by atoms with E-state index in [2.05, 4.69) is 17.0 Å².